The molecule has 0 saturated carbocycles. The van der Waals surface area contributed by atoms with Gasteiger partial charge in [0.15, 0.2) is 5.82 Å². The van der Waals surface area contributed by atoms with Gasteiger partial charge in [0.25, 0.3) is 0 Å². The molecule has 0 aromatic carbocycles. The number of nitrogens with one attached hydrogen (secondary N) is 2. The number of carbonyl (C=O) groups is 1. The number of hydrogen-bond acceptors (Lipinski definition) is 7. The molecule has 0 spiro atoms. The van der Waals surface area contributed by atoms with Gasteiger partial charge in [0.1, 0.15) is 11.9 Å². The first-order valence-corrected chi connectivity index (χ1v) is 10.4. The van der Waals surface area contributed by atoms with E-state index < -0.39 is 0 Å². The molecule has 2 N–H and O–H groups in total. The molecule has 156 valence electrons. The number of anilines is 3. The second-order valence-corrected chi connectivity index (χ2v) is 8.95. The normalized spacial score (nSPS) is 20.2. The first-order chi connectivity index (χ1) is 13.8. The van der Waals surface area contributed by atoms with Crippen molar-refractivity contribution in [2.45, 2.75) is 70.8 Å². The van der Waals surface area contributed by atoms with Crippen molar-refractivity contribution >= 4 is 23.6 Å². The SMILES string of the molecule is COC(=O)[C@@H]1CCCN1c1nc(Nc2cc(C(C)C)[nH]n2)c2c(n1)C(C)(C)CC2. The lowest BCUT2D eigenvalue weighted by molar-refractivity contribution is -0.141. The van der Waals surface area contributed by atoms with E-state index in [1.165, 1.54) is 7.11 Å². The molecule has 1 fully saturated rings. The van der Waals surface area contributed by atoms with Gasteiger partial charge in [-0.1, -0.05) is 27.7 Å². The quantitative estimate of drug-likeness (QED) is 0.745. The number of aromatic amines is 1. The molecule has 1 saturated heterocycles. The fraction of sp³-hybridized carbons (Fsp3) is 0.619. The van der Waals surface area contributed by atoms with Crippen molar-refractivity contribution in [3.63, 3.8) is 0 Å². The number of carbonyl (C=O) groups excluding carboxylic acids is 1. The Bertz CT molecular complexity index is 920. The Hall–Kier alpha value is -2.64. The predicted octanol–water partition coefficient (Wildman–Crippen LogP) is 3.43. The molecular weight excluding hydrogens is 368 g/mol. The summed E-state index contributed by atoms with van der Waals surface area (Å²) in [6.07, 6.45) is 3.63. The number of methoxy groups -OCH3 is 1. The molecule has 4 rings (SSSR count). The Morgan fingerprint density at radius 2 is 2.17 bits per heavy atom. The Labute approximate surface area is 171 Å². The van der Waals surface area contributed by atoms with Crippen LogP contribution >= 0.6 is 0 Å². The number of H-pyrrole nitrogens is 1. The van der Waals surface area contributed by atoms with Gasteiger partial charge in [-0.15, -0.1) is 0 Å². The zero-order valence-electron chi connectivity index (χ0n) is 17.9. The van der Waals surface area contributed by atoms with E-state index >= 15 is 0 Å². The lowest BCUT2D eigenvalue weighted by Crippen LogP contribution is -2.38. The van der Waals surface area contributed by atoms with Crippen LogP contribution in [0.25, 0.3) is 0 Å². The lowest BCUT2D eigenvalue weighted by atomic mass is 9.91. The molecule has 1 atom stereocenters. The zero-order valence-corrected chi connectivity index (χ0v) is 17.9. The van der Waals surface area contributed by atoms with Gasteiger partial charge in [0, 0.05) is 29.3 Å². The minimum absolute atomic E-state index is 0.0292. The maximum absolute atomic E-state index is 12.3. The second-order valence-electron chi connectivity index (χ2n) is 8.95. The Balaban J connectivity index is 1.74. The number of fused-ring (bicyclic) bond motifs is 1. The van der Waals surface area contributed by atoms with E-state index in [0.717, 1.165) is 60.8 Å². The summed E-state index contributed by atoms with van der Waals surface area (Å²) < 4.78 is 5.00. The minimum atomic E-state index is -0.326. The molecule has 29 heavy (non-hydrogen) atoms. The first kappa shape index (κ1) is 19.7. The standard InChI is InChI=1S/C21H30N6O2/c1-12(2)14-11-16(26-25-14)22-18-13-8-9-21(3,4)17(13)23-20(24-18)27-10-6-7-15(27)19(28)29-5/h11-12,15H,6-10H2,1-5H3,(H2,22,23,24,25,26)/t15-/m0/s1. The minimum Gasteiger partial charge on any atom is -0.467 e. The topological polar surface area (TPSA) is 96.0 Å². The van der Waals surface area contributed by atoms with Crippen LogP contribution in [-0.4, -0.2) is 45.8 Å². The maximum atomic E-state index is 12.3. The molecule has 2 aliphatic rings. The molecule has 0 radical (unpaired) electrons. The maximum Gasteiger partial charge on any atom is 0.328 e. The molecule has 3 heterocycles. The van der Waals surface area contributed by atoms with Crippen LogP contribution in [0.3, 0.4) is 0 Å². The van der Waals surface area contributed by atoms with Crippen LogP contribution in [0.1, 0.15) is 69.8 Å². The number of esters is 1. The summed E-state index contributed by atoms with van der Waals surface area (Å²) in [5.41, 5.74) is 3.24. The van der Waals surface area contributed by atoms with Crippen molar-refractivity contribution in [1.29, 1.82) is 0 Å². The number of ether oxygens (including phenoxy) is 1. The summed E-state index contributed by atoms with van der Waals surface area (Å²) in [6.45, 7) is 9.43. The van der Waals surface area contributed by atoms with Gasteiger partial charge in [-0.05, 0) is 31.6 Å². The van der Waals surface area contributed by atoms with Gasteiger partial charge >= 0.3 is 5.97 Å². The van der Waals surface area contributed by atoms with Crippen molar-refractivity contribution < 1.29 is 9.53 Å². The predicted molar refractivity (Wildman–Crippen MR) is 112 cm³/mol. The molecule has 0 amide bonds. The highest BCUT2D eigenvalue weighted by atomic mass is 16.5. The van der Waals surface area contributed by atoms with E-state index in [-0.39, 0.29) is 17.4 Å². The number of aromatic nitrogens is 4. The summed E-state index contributed by atoms with van der Waals surface area (Å²) in [7, 11) is 1.43. The smallest absolute Gasteiger partial charge is 0.328 e. The van der Waals surface area contributed by atoms with E-state index in [0.29, 0.717) is 11.9 Å². The summed E-state index contributed by atoms with van der Waals surface area (Å²) in [5.74, 6) is 2.26. The van der Waals surface area contributed by atoms with Gasteiger partial charge in [-0.3, -0.25) is 5.10 Å². The molecule has 8 nitrogen and oxygen atoms in total. The van der Waals surface area contributed by atoms with Crippen LogP contribution in [0, 0.1) is 0 Å². The summed E-state index contributed by atoms with van der Waals surface area (Å²) in [4.78, 5) is 24.0. The van der Waals surface area contributed by atoms with E-state index in [4.69, 9.17) is 14.7 Å². The molecule has 0 bridgehead atoms. The summed E-state index contributed by atoms with van der Waals surface area (Å²) in [5, 5.41) is 10.9. The summed E-state index contributed by atoms with van der Waals surface area (Å²) in [6, 6.07) is 1.69. The van der Waals surface area contributed by atoms with Crippen molar-refractivity contribution in [2.24, 2.45) is 0 Å². The van der Waals surface area contributed by atoms with E-state index in [1.54, 1.807) is 0 Å². The highest BCUT2D eigenvalue weighted by Crippen LogP contribution is 2.42. The Morgan fingerprint density at radius 3 is 2.86 bits per heavy atom. The van der Waals surface area contributed by atoms with Crippen LogP contribution in [0.5, 0.6) is 0 Å². The van der Waals surface area contributed by atoms with Gasteiger partial charge in [0.05, 0.1) is 12.8 Å². The molecule has 1 aliphatic heterocycles. The van der Waals surface area contributed by atoms with Crippen molar-refractivity contribution in [2.75, 3.05) is 23.9 Å². The number of nitrogens with zero attached hydrogens (tertiary/aromatic N) is 4. The van der Waals surface area contributed by atoms with Crippen molar-refractivity contribution in [3.05, 3.63) is 23.0 Å². The molecule has 2 aromatic heterocycles. The van der Waals surface area contributed by atoms with Crippen LogP contribution in [0.2, 0.25) is 0 Å². The van der Waals surface area contributed by atoms with Gasteiger partial charge < -0.3 is 15.0 Å². The molecule has 0 unspecified atom stereocenters. The van der Waals surface area contributed by atoms with E-state index in [1.807, 2.05) is 11.0 Å². The highest BCUT2D eigenvalue weighted by molar-refractivity contribution is 5.80. The third-order valence-corrected chi connectivity index (χ3v) is 6.09. The van der Waals surface area contributed by atoms with Gasteiger partial charge in [-0.2, -0.15) is 10.1 Å². The second kappa shape index (κ2) is 7.31. The number of hydrogen-bond donors (Lipinski definition) is 2. The molecular formula is C21H30N6O2. The average molecular weight is 399 g/mol. The van der Waals surface area contributed by atoms with Crippen LogP contribution in [0.15, 0.2) is 6.07 Å². The average Bonchev–Trinajstić information content (AvgIpc) is 3.40. The third kappa shape index (κ3) is 3.56. The third-order valence-electron chi connectivity index (χ3n) is 6.09. The monoisotopic (exact) mass is 398 g/mol. The largest absolute Gasteiger partial charge is 0.467 e. The first-order valence-electron chi connectivity index (χ1n) is 10.4. The van der Waals surface area contributed by atoms with Crippen LogP contribution in [0.4, 0.5) is 17.6 Å². The Morgan fingerprint density at radius 1 is 1.38 bits per heavy atom. The molecule has 2 aromatic rings. The van der Waals surface area contributed by atoms with Gasteiger partial charge in [0.2, 0.25) is 5.95 Å². The van der Waals surface area contributed by atoms with Crippen LogP contribution < -0.4 is 10.2 Å². The van der Waals surface area contributed by atoms with Crippen molar-refractivity contribution in [1.82, 2.24) is 20.2 Å². The van der Waals surface area contributed by atoms with E-state index in [9.17, 15) is 4.79 Å². The molecule has 8 heteroatoms. The zero-order chi connectivity index (χ0) is 20.8. The fourth-order valence-corrected chi connectivity index (χ4v) is 4.26. The number of rotatable bonds is 5. The molecule has 1 aliphatic carbocycles. The van der Waals surface area contributed by atoms with Gasteiger partial charge in [-0.25, -0.2) is 9.78 Å². The fourth-order valence-electron chi connectivity index (χ4n) is 4.26. The summed E-state index contributed by atoms with van der Waals surface area (Å²) >= 11 is 0. The lowest BCUT2D eigenvalue weighted by Gasteiger charge is -2.26. The highest BCUT2D eigenvalue weighted by Gasteiger charge is 2.38. The van der Waals surface area contributed by atoms with Crippen molar-refractivity contribution in [3.8, 4) is 0 Å². The van der Waals surface area contributed by atoms with Crippen LogP contribution in [-0.2, 0) is 21.4 Å². The van der Waals surface area contributed by atoms with E-state index in [2.05, 4.69) is 43.2 Å². The Kier molecular flexibility index (Phi) is 4.96.